The molecule has 1 saturated heterocycles. The highest BCUT2D eigenvalue weighted by molar-refractivity contribution is 9.10. The summed E-state index contributed by atoms with van der Waals surface area (Å²) in [5, 5.41) is 0. The van der Waals surface area contributed by atoms with E-state index in [1.165, 1.54) is 0 Å². The number of carbonyl (C=O) groups is 1. The highest BCUT2D eigenvalue weighted by Crippen LogP contribution is 2.22. The topological polar surface area (TPSA) is 68.5 Å². The van der Waals surface area contributed by atoms with Gasteiger partial charge in [0.1, 0.15) is 5.82 Å². The summed E-state index contributed by atoms with van der Waals surface area (Å²) in [5.74, 6) is 0.158. The average Bonchev–Trinajstić information content (AvgIpc) is 2.30. The Morgan fingerprint density at radius 1 is 1.61 bits per heavy atom. The van der Waals surface area contributed by atoms with Crippen molar-refractivity contribution in [3.63, 3.8) is 0 Å². The molecule has 6 heteroatoms. The number of morpholine rings is 1. The van der Waals surface area contributed by atoms with Gasteiger partial charge in [0.2, 0.25) is 0 Å². The molecule has 2 N–H and O–H groups in total. The van der Waals surface area contributed by atoms with Crippen LogP contribution in [0.1, 0.15) is 24.2 Å². The minimum atomic E-state index is -0.317. The van der Waals surface area contributed by atoms with Crippen molar-refractivity contribution < 1.29 is 9.53 Å². The highest BCUT2D eigenvalue weighted by Gasteiger charge is 2.31. The van der Waals surface area contributed by atoms with Crippen molar-refractivity contribution in [1.29, 1.82) is 0 Å². The zero-order chi connectivity index (χ0) is 13.3. The van der Waals surface area contributed by atoms with Crippen molar-refractivity contribution >= 4 is 27.7 Å². The summed E-state index contributed by atoms with van der Waals surface area (Å²) in [7, 11) is 0. The molecule has 2 rings (SSSR count). The number of aromatic nitrogens is 1. The summed E-state index contributed by atoms with van der Waals surface area (Å²) in [6, 6.07) is 1.70. The van der Waals surface area contributed by atoms with E-state index < -0.39 is 0 Å². The van der Waals surface area contributed by atoms with E-state index in [-0.39, 0.29) is 17.3 Å². The number of nitrogens with two attached hydrogens (primary N) is 1. The van der Waals surface area contributed by atoms with E-state index in [4.69, 9.17) is 10.5 Å². The fourth-order valence-corrected chi connectivity index (χ4v) is 2.31. The van der Waals surface area contributed by atoms with Crippen molar-refractivity contribution in [3.05, 3.63) is 22.3 Å². The van der Waals surface area contributed by atoms with Gasteiger partial charge in [-0.1, -0.05) is 0 Å². The molecule has 0 bridgehead atoms. The third-order valence-electron chi connectivity index (χ3n) is 2.83. The first-order valence-corrected chi connectivity index (χ1v) is 6.53. The van der Waals surface area contributed by atoms with E-state index in [0.717, 1.165) is 4.47 Å². The van der Waals surface area contributed by atoms with E-state index in [1.54, 1.807) is 17.2 Å². The predicted molar refractivity (Wildman–Crippen MR) is 72.3 cm³/mol. The van der Waals surface area contributed by atoms with Gasteiger partial charge in [-0.25, -0.2) is 4.98 Å². The van der Waals surface area contributed by atoms with Gasteiger partial charge < -0.3 is 15.4 Å². The summed E-state index contributed by atoms with van der Waals surface area (Å²) >= 11 is 3.30. The SMILES string of the molecule is CC1(C)CN(C(=O)c2cc(Br)cnc2N)CCO1. The number of hydrogen-bond donors (Lipinski definition) is 1. The van der Waals surface area contributed by atoms with Gasteiger partial charge in [-0.2, -0.15) is 0 Å². The van der Waals surface area contributed by atoms with E-state index in [1.807, 2.05) is 13.8 Å². The summed E-state index contributed by atoms with van der Waals surface area (Å²) < 4.78 is 6.33. The van der Waals surface area contributed by atoms with Gasteiger partial charge in [0.25, 0.3) is 5.91 Å². The number of halogens is 1. The van der Waals surface area contributed by atoms with Crippen molar-refractivity contribution in [1.82, 2.24) is 9.88 Å². The first kappa shape index (κ1) is 13.3. The summed E-state index contributed by atoms with van der Waals surface area (Å²) in [4.78, 5) is 18.1. The molecular weight excluding hydrogens is 298 g/mol. The van der Waals surface area contributed by atoms with Crippen LogP contribution < -0.4 is 5.73 Å². The number of nitrogen functional groups attached to an aromatic ring is 1. The van der Waals surface area contributed by atoms with Gasteiger partial charge in [0, 0.05) is 23.8 Å². The molecule has 0 spiro atoms. The quantitative estimate of drug-likeness (QED) is 0.856. The Bertz CT molecular complexity index is 476. The molecule has 0 saturated carbocycles. The monoisotopic (exact) mass is 313 g/mol. The molecular formula is C12H16BrN3O2. The fourth-order valence-electron chi connectivity index (χ4n) is 1.98. The number of hydrogen-bond acceptors (Lipinski definition) is 4. The van der Waals surface area contributed by atoms with E-state index in [9.17, 15) is 4.79 Å². The maximum absolute atomic E-state index is 12.4. The number of anilines is 1. The lowest BCUT2D eigenvalue weighted by Crippen LogP contribution is -2.50. The van der Waals surface area contributed by atoms with Gasteiger partial charge >= 0.3 is 0 Å². The lowest BCUT2D eigenvalue weighted by atomic mass is 10.1. The van der Waals surface area contributed by atoms with Crippen molar-refractivity contribution in [2.24, 2.45) is 0 Å². The smallest absolute Gasteiger partial charge is 0.257 e. The largest absolute Gasteiger partial charge is 0.383 e. The van der Waals surface area contributed by atoms with Crippen LogP contribution >= 0.6 is 15.9 Å². The van der Waals surface area contributed by atoms with Gasteiger partial charge in [-0.05, 0) is 35.8 Å². The first-order valence-electron chi connectivity index (χ1n) is 5.73. The highest BCUT2D eigenvalue weighted by atomic mass is 79.9. The Balaban J connectivity index is 2.23. The summed E-state index contributed by atoms with van der Waals surface area (Å²) in [6.07, 6.45) is 1.58. The van der Waals surface area contributed by atoms with Crippen LogP contribution in [0.4, 0.5) is 5.82 Å². The zero-order valence-electron chi connectivity index (χ0n) is 10.4. The van der Waals surface area contributed by atoms with Crippen LogP contribution in [0.2, 0.25) is 0 Å². The normalized spacial score (nSPS) is 18.7. The fraction of sp³-hybridized carbons (Fsp3) is 0.500. The van der Waals surface area contributed by atoms with Gasteiger partial charge in [0.05, 0.1) is 17.8 Å². The van der Waals surface area contributed by atoms with E-state index in [0.29, 0.717) is 25.3 Å². The molecule has 18 heavy (non-hydrogen) atoms. The van der Waals surface area contributed by atoms with E-state index >= 15 is 0 Å². The second-order valence-electron chi connectivity index (χ2n) is 4.92. The van der Waals surface area contributed by atoms with E-state index in [2.05, 4.69) is 20.9 Å². The Morgan fingerprint density at radius 3 is 3.00 bits per heavy atom. The zero-order valence-corrected chi connectivity index (χ0v) is 12.0. The van der Waals surface area contributed by atoms with Crippen LogP contribution in [0.3, 0.4) is 0 Å². The maximum atomic E-state index is 12.4. The van der Waals surface area contributed by atoms with Crippen LogP contribution in [-0.4, -0.2) is 41.1 Å². The van der Waals surface area contributed by atoms with Crippen LogP contribution in [0, 0.1) is 0 Å². The molecule has 0 aliphatic carbocycles. The molecule has 0 unspecified atom stereocenters. The molecule has 1 aromatic rings. The minimum Gasteiger partial charge on any atom is -0.383 e. The molecule has 0 aromatic carbocycles. The second-order valence-corrected chi connectivity index (χ2v) is 5.84. The number of ether oxygens (including phenoxy) is 1. The van der Waals surface area contributed by atoms with Gasteiger partial charge in [0.15, 0.2) is 0 Å². The number of amides is 1. The Kier molecular flexibility index (Phi) is 3.59. The standard InChI is InChI=1S/C12H16BrN3O2/c1-12(2)7-16(3-4-18-12)11(17)9-5-8(13)6-15-10(9)14/h5-6H,3-4,7H2,1-2H3,(H2,14,15). The third kappa shape index (κ3) is 2.81. The van der Waals surface area contributed by atoms with Crippen molar-refractivity contribution in [2.75, 3.05) is 25.4 Å². The Labute approximate surface area is 114 Å². The maximum Gasteiger partial charge on any atom is 0.257 e. The van der Waals surface area contributed by atoms with Crippen LogP contribution in [-0.2, 0) is 4.74 Å². The second kappa shape index (κ2) is 4.85. The predicted octanol–water partition coefficient (Wildman–Crippen LogP) is 1.68. The number of pyridine rings is 1. The molecule has 1 aliphatic rings. The minimum absolute atomic E-state index is 0.0994. The number of nitrogens with zero attached hydrogens (tertiary/aromatic N) is 2. The average molecular weight is 314 g/mol. The molecule has 5 nitrogen and oxygen atoms in total. The molecule has 0 radical (unpaired) electrons. The van der Waals surface area contributed by atoms with Crippen LogP contribution in [0.15, 0.2) is 16.7 Å². The van der Waals surface area contributed by atoms with Gasteiger partial charge in [-0.3, -0.25) is 4.79 Å². The Morgan fingerprint density at radius 2 is 2.33 bits per heavy atom. The van der Waals surface area contributed by atoms with Crippen molar-refractivity contribution in [2.45, 2.75) is 19.4 Å². The van der Waals surface area contributed by atoms with Gasteiger partial charge in [-0.15, -0.1) is 0 Å². The molecule has 0 atom stereocenters. The summed E-state index contributed by atoms with van der Waals surface area (Å²) in [5.41, 5.74) is 5.87. The van der Waals surface area contributed by atoms with Crippen molar-refractivity contribution in [3.8, 4) is 0 Å². The molecule has 1 fully saturated rings. The van der Waals surface area contributed by atoms with Crippen LogP contribution in [0.5, 0.6) is 0 Å². The first-order chi connectivity index (χ1) is 8.39. The number of carbonyl (C=O) groups excluding carboxylic acids is 1. The molecule has 1 aromatic heterocycles. The summed E-state index contributed by atoms with van der Waals surface area (Å²) in [6.45, 7) is 5.61. The molecule has 1 amide bonds. The lowest BCUT2D eigenvalue weighted by molar-refractivity contribution is -0.0763. The Hall–Kier alpha value is -1.14. The number of rotatable bonds is 1. The van der Waals surface area contributed by atoms with Crippen LogP contribution in [0.25, 0.3) is 0 Å². The molecule has 98 valence electrons. The lowest BCUT2D eigenvalue weighted by Gasteiger charge is -2.38. The third-order valence-corrected chi connectivity index (χ3v) is 3.26. The molecule has 1 aliphatic heterocycles. The molecule has 2 heterocycles.